The molecule has 96 valence electrons. The fourth-order valence-electron chi connectivity index (χ4n) is 1.35. The molecule has 0 atom stereocenters. The van der Waals surface area contributed by atoms with E-state index in [0.29, 0.717) is 17.4 Å². The molecule has 0 bridgehead atoms. The maximum atomic E-state index is 6.05. The van der Waals surface area contributed by atoms with E-state index in [9.17, 15) is 0 Å². The predicted octanol–water partition coefficient (Wildman–Crippen LogP) is 1.77. The first-order valence-corrected chi connectivity index (χ1v) is 5.96. The quantitative estimate of drug-likeness (QED) is 0.894. The second-order valence-electron chi connectivity index (χ2n) is 3.66. The van der Waals surface area contributed by atoms with Crippen LogP contribution in [-0.2, 0) is 13.6 Å². The van der Waals surface area contributed by atoms with Crippen LogP contribution in [0.2, 0.25) is 5.02 Å². The standard InChI is InChI=1S/C11H14ClN5O/c1-3-13-6-9-8(12)4-5-10(15-9)18-11-14-7-17(2)16-11/h4-5,7,13H,3,6H2,1-2H3. The third-order valence-corrected chi connectivity index (χ3v) is 2.55. The van der Waals surface area contributed by atoms with Gasteiger partial charge in [0.1, 0.15) is 6.33 Å². The summed E-state index contributed by atoms with van der Waals surface area (Å²) in [6, 6.07) is 3.70. The Hall–Kier alpha value is -1.66. The van der Waals surface area contributed by atoms with E-state index in [2.05, 4.69) is 20.4 Å². The van der Waals surface area contributed by atoms with Crippen LogP contribution in [0.3, 0.4) is 0 Å². The van der Waals surface area contributed by atoms with Crippen molar-refractivity contribution in [3.63, 3.8) is 0 Å². The van der Waals surface area contributed by atoms with Crippen molar-refractivity contribution in [2.75, 3.05) is 6.54 Å². The molecule has 0 saturated heterocycles. The van der Waals surface area contributed by atoms with Crippen LogP contribution in [0.15, 0.2) is 18.5 Å². The molecule has 2 aromatic rings. The van der Waals surface area contributed by atoms with Crippen LogP contribution in [0, 0.1) is 0 Å². The molecular weight excluding hydrogens is 254 g/mol. The summed E-state index contributed by atoms with van der Waals surface area (Å²) in [5.74, 6) is 0.429. The summed E-state index contributed by atoms with van der Waals surface area (Å²) in [6.07, 6.45) is 1.56. The van der Waals surface area contributed by atoms with Gasteiger partial charge in [-0.1, -0.05) is 18.5 Å². The fourth-order valence-corrected chi connectivity index (χ4v) is 1.52. The van der Waals surface area contributed by atoms with Crippen LogP contribution in [0.1, 0.15) is 12.6 Å². The Labute approximate surface area is 110 Å². The Morgan fingerprint density at radius 2 is 2.28 bits per heavy atom. The monoisotopic (exact) mass is 267 g/mol. The van der Waals surface area contributed by atoms with Gasteiger partial charge in [-0.05, 0) is 12.6 Å². The van der Waals surface area contributed by atoms with Crippen molar-refractivity contribution in [1.82, 2.24) is 25.1 Å². The Morgan fingerprint density at radius 1 is 1.44 bits per heavy atom. The minimum Gasteiger partial charge on any atom is -0.404 e. The Bertz CT molecular complexity index is 528. The van der Waals surface area contributed by atoms with Crippen molar-refractivity contribution in [3.8, 4) is 11.9 Å². The molecule has 0 unspecified atom stereocenters. The first-order chi connectivity index (χ1) is 8.69. The van der Waals surface area contributed by atoms with E-state index in [-0.39, 0.29) is 6.01 Å². The van der Waals surface area contributed by atoms with E-state index >= 15 is 0 Å². The highest BCUT2D eigenvalue weighted by Crippen LogP contribution is 2.20. The van der Waals surface area contributed by atoms with Gasteiger partial charge in [-0.15, -0.1) is 5.10 Å². The van der Waals surface area contributed by atoms with E-state index in [0.717, 1.165) is 12.2 Å². The van der Waals surface area contributed by atoms with Crippen molar-refractivity contribution >= 4 is 11.6 Å². The van der Waals surface area contributed by atoms with Crippen molar-refractivity contribution in [2.45, 2.75) is 13.5 Å². The van der Waals surface area contributed by atoms with Crippen LogP contribution >= 0.6 is 11.6 Å². The second-order valence-corrected chi connectivity index (χ2v) is 4.07. The first-order valence-electron chi connectivity index (χ1n) is 5.58. The smallest absolute Gasteiger partial charge is 0.342 e. The van der Waals surface area contributed by atoms with E-state index in [1.807, 2.05) is 6.92 Å². The molecule has 2 rings (SSSR count). The number of aromatic nitrogens is 4. The summed E-state index contributed by atoms with van der Waals surface area (Å²) >= 11 is 6.05. The summed E-state index contributed by atoms with van der Waals surface area (Å²) in [6.45, 7) is 3.47. The molecule has 2 aromatic heterocycles. The van der Waals surface area contributed by atoms with Gasteiger partial charge in [0.25, 0.3) is 0 Å². The van der Waals surface area contributed by atoms with Gasteiger partial charge in [-0.3, -0.25) is 4.68 Å². The molecule has 0 spiro atoms. The van der Waals surface area contributed by atoms with Crippen molar-refractivity contribution in [3.05, 3.63) is 29.2 Å². The normalized spacial score (nSPS) is 10.6. The lowest BCUT2D eigenvalue weighted by Gasteiger charge is -2.06. The SMILES string of the molecule is CCNCc1nc(Oc2ncn(C)n2)ccc1Cl. The maximum Gasteiger partial charge on any atom is 0.342 e. The number of halogens is 1. The number of hydrogen-bond donors (Lipinski definition) is 1. The second kappa shape index (κ2) is 5.79. The van der Waals surface area contributed by atoms with Crippen molar-refractivity contribution < 1.29 is 4.74 Å². The number of rotatable bonds is 5. The molecule has 0 fully saturated rings. The van der Waals surface area contributed by atoms with E-state index in [1.165, 1.54) is 0 Å². The van der Waals surface area contributed by atoms with Crippen LogP contribution in [0.4, 0.5) is 0 Å². The summed E-state index contributed by atoms with van der Waals surface area (Å²) in [4.78, 5) is 8.27. The summed E-state index contributed by atoms with van der Waals surface area (Å²) in [5, 5.41) is 7.79. The zero-order valence-corrected chi connectivity index (χ0v) is 11.0. The highest BCUT2D eigenvalue weighted by atomic mass is 35.5. The lowest BCUT2D eigenvalue weighted by atomic mass is 10.3. The average Bonchev–Trinajstić information content (AvgIpc) is 2.75. The molecule has 0 aliphatic heterocycles. The highest BCUT2D eigenvalue weighted by Gasteiger charge is 2.07. The van der Waals surface area contributed by atoms with Crippen LogP contribution in [-0.4, -0.2) is 26.3 Å². The van der Waals surface area contributed by atoms with Gasteiger partial charge in [0, 0.05) is 19.7 Å². The van der Waals surface area contributed by atoms with Gasteiger partial charge in [0.2, 0.25) is 5.88 Å². The molecular formula is C11H14ClN5O. The van der Waals surface area contributed by atoms with E-state index < -0.39 is 0 Å². The third-order valence-electron chi connectivity index (χ3n) is 2.21. The molecule has 18 heavy (non-hydrogen) atoms. The number of hydrogen-bond acceptors (Lipinski definition) is 5. The first kappa shape index (κ1) is 12.8. The average molecular weight is 268 g/mol. The molecule has 7 heteroatoms. The van der Waals surface area contributed by atoms with Gasteiger partial charge in [-0.25, -0.2) is 4.98 Å². The maximum absolute atomic E-state index is 6.05. The van der Waals surface area contributed by atoms with E-state index in [1.54, 1.807) is 30.2 Å². The number of ether oxygens (including phenoxy) is 1. The number of nitrogens with zero attached hydrogens (tertiary/aromatic N) is 4. The van der Waals surface area contributed by atoms with Crippen LogP contribution < -0.4 is 10.1 Å². The van der Waals surface area contributed by atoms with E-state index in [4.69, 9.17) is 16.3 Å². The zero-order chi connectivity index (χ0) is 13.0. The Kier molecular flexibility index (Phi) is 4.11. The third kappa shape index (κ3) is 3.18. The van der Waals surface area contributed by atoms with Gasteiger partial charge in [0.15, 0.2) is 0 Å². The Morgan fingerprint density at radius 3 is 2.94 bits per heavy atom. The Balaban J connectivity index is 2.13. The summed E-state index contributed by atoms with van der Waals surface area (Å²) in [5.41, 5.74) is 0.743. The molecule has 0 aromatic carbocycles. The predicted molar refractivity (Wildman–Crippen MR) is 67.7 cm³/mol. The number of pyridine rings is 1. The topological polar surface area (TPSA) is 64.9 Å². The minimum absolute atomic E-state index is 0.265. The lowest BCUT2D eigenvalue weighted by Crippen LogP contribution is -2.13. The van der Waals surface area contributed by atoms with Gasteiger partial charge < -0.3 is 10.1 Å². The zero-order valence-electron chi connectivity index (χ0n) is 10.2. The lowest BCUT2D eigenvalue weighted by molar-refractivity contribution is 0.420. The van der Waals surface area contributed by atoms with Crippen molar-refractivity contribution in [1.29, 1.82) is 0 Å². The van der Waals surface area contributed by atoms with Crippen molar-refractivity contribution in [2.24, 2.45) is 7.05 Å². The summed E-state index contributed by atoms with van der Waals surface area (Å²) < 4.78 is 6.99. The van der Waals surface area contributed by atoms with Gasteiger partial charge in [0.05, 0.1) is 10.7 Å². The van der Waals surface area contributed by atoms with Crippen LogP contribution in [0.25, 0.3) is 0 Å². The molecule has 6 nitrogen and oxygen atoms in total. The molecule has 0 aliphatic carbocycles. The molecule has 0 amide bonds. The summed E-state index contributed by atoms with van der Waals surface area (Å²) in [7, 11) is 1.77. The highest BCUT2D eigenvalue weighted by molar-refractivity contribution is 6.31. The molecule has 2 heterocycles. The fraction of sp³-hybridized carbons (Fsp3) is 0.364. The molecule has 1 N–H and O–H groups in total. The molecule has 0 aliphatic rings. The number of nitrogens with one attached hydrogen (secondary N) is 1. The van der Waals surface area contributed by atoms with Crippen LogP contribution in [0.5, 0.6) is 11.9 Å². The van der Waals surface area contributed by atoms with Gasteiger partial charge >= 0.3 is 6.01 Å². The largest absolute Gasteiger partial charge is 0.404 e. The molecule has 0 saturated carbocycles. The molecule has 0 radical (unpaired) electrons. The number of aryl methyl sites for hydroxylation is 1. The minimum atomic E-state index is 0.265. The van der Waals surface area contributed by atoms with Gasteiger partial charge in [-0.2, -0.15) is 4.98 Å².